The molecule has 10 heteroatoms. The predicted molar refractivity (Wildman–Crippen MR) is 113 cm³/mol. The molecule has 0 radical (unpaired) electrons. The van der Waals surface area contributed by atoms with Crippen LogP contribution in [0.2, 0.25) is 0 Å². The number of rotatable bonds is 7. The van der Waals surface area contributed by atoms with E-state index >= 15 is 0 Å². The summed E-state index contributed by atoms with van der Waals surface area (Å²) in [6.45, 7) is 0.712. The fourth-order valence-electron chi connectivity index (χ4n) is 3.21. The Balaban J connectivity index is 1.67. The van der Waals surface area contributed by atoms with Crippen LogP contribution in [0.5, 0.6) is 0 Å². The molecule has 4 aromatic rings. The van der Waals surface area contributed by atoms with Crippen molar-refractivity contribution in [3.8, 4) is 5.69 Å². The van der Waals surface area contributed by atoms with E-state index in [1.807, 2.05) is 43.3 Å². The van der Waals surface area contributed by atoms with Crippen LogP contribution in [0.25, 0.3) is 22.4 Å². The van der Waals surface area contributed by atoms with Crippen molar-refractivity contribution in [1.82, 2.24) is 19.2 Å². The normalized spacial score (nSPS) is 12.1. The maximum absolute atomic E-state index is 13.2. The molecule has 0 aliphatic heterocycles. The highest BCUT2D eigenvalue weighted by molar-refractivity contribution is 7.99. The molecule has 2 aromatic carbocycles. The summed E-state index contributed by atoms with van der Waals surface area (Å²) in [5.41, 5.74) is 2.22. The Bertz CT molecular complexity index is 1270. The maximum atomic E-state index is 13.2. The SMILES string of the molecule is Cc1ccc(-n2c(=O)c3ccccc3n3c(SCCCOCC(F)(F)F)nnc23)cc1. The lowest BCUT2D eigenvalue weighted by atomic mass is 10.2. The first kappa shape index (κ1) is 21.4. The number of aromatic nitrogens is 4. The Hall–Kier alpha value is -2.85. The van der Waals surface area contributed by atoms with Gasteiger partial charge in [-0.15, -0.1) is 10.2 Å². The number of aryl methyl sites for hydroxylation is 1. The molecule has 0 aliphatic carbocycles. The third-order valence-corrected chi connectivity index (χ3v) is 5.63. The minimum atomic E-state index is -4.32. The number of nitrogens with zero attached hydrogens (tertiary/aromatic N) is 4. The highest BCUT2D eigenvalue weighted by Gasteiger charge is 2.27. The van der Waals surface area contributed by atoms with Gasteiger partial charge in [0.05, 0.1) is 16.6 Å². The molecule has 0 saturated heterocycles. The molecule has 0 amide bonds. The maximum Gasteiger partial charge on any atom is 0.411 e. The first-order valence-electron chi connectivity index (χ1n) is 9.58. The molecule has 0 atom stereocenters. The van der Waals surface area contributed by atoms with Gasteiger partial charge in [0.25, 0.3) is 5.56 Å². The molecule has 0 unspecified atom stereocenters. The number of hydrogen-bond donors (Lipinski definition) is 0. The van der Waals surface area contributed by atoms with Gasteiger partial charge in [0, 0.05) is 12.4 Å². The van der Waals surface area contributed by atoms with Gasteiger partial charge in [-0.05, 0) is 37.6 Å². The zero-order valence-electron chi connectivity index (χ0n) is 16.6. The Morgan fingerprint density at radius 1 is 1.06 bits per heavy atom. The Morgan fingerprint density at radius 3 is 2.55 bits per heavy atom. The number of thioether (sulfide) groups is 1. The molecule has 0 spiro atoms. The molecule has 31 heavy (non-hydrogen) atoms. The molecule has 0 fully saturated rings. The number of fused-ring (bicyclic) bond motifs is 3. The third kappa shape index (κ3) is 4.59. The fraction of sp³-hybridized carbons (Fsp3) is 0.286. The van der Waals surface area contributed by atoms with Gasteiger partial charge in [-0.25, -0.2) is 4.57 Å². The van der Waals surface area contributed by atoms with E-state index in [1.165, 1.54) is 16.3 Å². The van der Waals surface area contributed by atoms with Crippen LogP contribution >= 0.6 is 11.8 Å². The van der Waals surface area contributed by atoms with Crippen LogP contribution in [-0.4, -0.2) is 44.3 Å². The lowest BCUT2D eigenvalue weighted by Gasteiger charge is -2.11. The van der Waals surface area contributed by atoms with Gasteiger partial charge in [0.2, 0.25) is 5.78 Å². The van der Waals surface area contributed by atoms with Crippen molar-refractivity contribution in [3.63, 3.8) is 0 Å². The van der Waals surface area contributed by atoms with Crippen LogP contribution in [0.15, 0.2) is 58.5 Å². The van der Waals surface area contributed by atoms with Crippen molar-refractivity contribution < 1.29 is 17.9 Å². The summed E-state index contributed by atoms with van der Waals surface area (Å²) in [4.78, 5) is 13.2. The van der Waals surface area contributed by atoms with Crippen LogP contribution in [-0.2, 0) is 4.74 Å². The van der Waals surface area contributed by atoms with Crippen LogP contribution in [0, 0.1) is 6.92 Å². The molecular formula is C21H19F3N4O2S. The molecule has 0 bridgehead atoms. The van der Waals surface area contributed by atoms with Gasteiger partial charge in [-0.1, -0.05) is 41.6 Å². The summed E-state index contributed by atoms with van der Waals surface area (Å²) >= 11 is 1.35. The number of para-hydroxylation sites is 1. The predicted octanol–water partition coefficient (Wildman–Crippen LogP) is 4.40. The topological polar surface area (TPSA) is 61.4 Å². The van der Waals surface area contributed by atoms with E-state index in [0.717, 1.165) is 5.56 Å². The standard InChI is InChI=1S/C21H19F3N4O2S/c1-14-7-9-15(10-8-14)27-18(29)16-5-2-3-6-17(16)28-19(27)25-26-20(28)31-12-4-11-30-13-21(22,23)24/h2-3,5-10H,4,11-13H2,1H3. The highest BCUT2D eigenvalue weighted by Crippen LogP contribution is 2.24. The first-order chi connectivity index (χ1) is 14.8. The van der Waals surface area contributed by atoms with Crippen LogP contribution in [0.3, 0.4) is 0 Å². The van der Waals surface area contributed by atoms with Gasteiger partial charge in [0.1, 0.15) is 6.61 Å². The molecule has 2 heterocycles. The van der Waals surface area contributed by atoms with Crippen molar-refractivity contribution in [1.29, 1.82) is 0 Å². The average molecular weight is 448 g/mol. The first-order valence-corrected chi connectivity index (χ1v) is 10.6. The summed E-state index contributed by atoms with van der Waals surface area (Å²) in [6, 6.07) is 14.7. The van der Waals surface area contributed by atoms with Crippen molar-refractivity contribution in [3.05, 3.63) is 64.4 Å². The van der Waals surface area contributed by atoms with Gasteiger partial charge < -0.3 is 4.74 Å². The van der Waals surface area contributed by atoms with Crippen molar-refractivity contribution >= 4 is 28.4 Å². The zero-order chi connectivity index (χ0) is 22.0. The minimum Gasteiger partial charge on any atom is -0.372 e. The van der Waals surface area contributed by atoms with Crippen molar-refractivity contribution in [2.24, 2.45) is 0 Å². The van der Waals surface area contributed by atoms with Crippen molar-refractivity contribution in [2.45, 2.75) is 24.7 Å². The van der Waals surface area contributed by atoms with E-state index in [0.29, 0.717) is 39.7 Å². The van der Waals surface area contributed by atoms with Gasteiger partial charge >= 0.3 is 6.18 Å². The van der Waals surface area contributed by atoms with Gasteiger partial charge in [-0.3, -0.25) is 9.20 Å². The van der Waals surface area contributed by atoms with Gasteiger partial charge in [-0.2, -0.15) is 13.2 Å². The van der Waals surface area contributed by atoms with E-state index in [2.05, 4.69) is 14.9 Å². The molecule has 0 N–H and O–H groups in total. The minimum absolute atomic E-state index is 0.00192. The van der Waals surface area contributed by atoms with Crippen LogP contribution in [0.4, 0.5) is 13.2 Å². The van der Waals surface area contributed by atoms with Crippen LogP contribution in [0.1, 0.15) is 12.0 Å². The Morgan fingerprint density at radius 2 is 1.81 bits per heavy atom. The smallest absolute Gasteiger partial charge is 0.372 e. The summed E-state index contributed by atoms with van der Waals surface area (Å²) in [6.07, 6.45) is -3.90. The number of benzene rings is 2. The number of ether oxygens (including phenoxy) is 1. The highest BCUT2D eigenvalue weighted by atomic mass is 32.2. The number of hydrogen-bond acceptors (Lipinski definition) is 5. The van der Waals surface area contributed by atoms with E-state index in [4.69, 9.17) is 0 Å². The molecule has 0 saturated carbocycles. The molecular weight excluding hydrogens is 429 g/mol. The summed E-state index contributed by atoms with van der Waals surface area (Å²) in [7, 11) is 0. The van der Waals surface area contributed by atoms with Crippen molar-refractivity contribution in [2.75, 3.05) is 19.0 Å². The molecule has 0 aliphatic rings. The summed E-state index contributed by atoms with van der Waals surface area (Å²) in [5.74, 6) is 0.875. The zero-order valence-corrected chi connectivity index (χ0v) is 17.4. The second kappa shape index (κ2) is 8.72. The van der Waals surface area contributed by atoms with E-state index < -0.39 is 12.8 Å². The number of alkyl halides is 3. The summed E-state index contributed by atoms with van der Waals surface area (Å²) in [5, 5.41) is 9.57. The monoisotopic (exact) mass is 448 g/mol. The molecule has 6 nitrogen and oxygen atoms in total. The lowest BCUT2D eigenvalue weighted by molar-refractivity contribution is -0.173. The lowest BCUT2D eigenvalue weighted by Crippen LogP contribution is -2.21. The Labute approximate surface area is 179 Å². The quantitative estimate of drug-likeness (QED) is 0.310. The second-order valence-electron chi connectivity index (χ2n) is 6.98. The van der Waals surface area contributed by atoms with E-state index in [1.54, 1.807) is 16.5 Å². The summed E-state index contributed by atoms with van der Waals surface area (Å²) < 4.78 is 44.5. The third-order valence-electron chi connectivity index (χ3n) is 4.62. The molecule has 2 aromatic heterocycles. The van der Waals surface area contributed by atoms with E-state index in [9.17, 15) is 18.0 Å². The number of halogens is 3. The molecule has 162 valence electrons. The molecule has 4 rings (SSSR count). The fourth-order valence-corrected chi connectivity index (χ4v) is 4.06. The second-order valence-corrected chi connectivity index (χ2v) is 8.04. The average Bonchev–Trinajstić information content (AvgIpc) is 3.15. The van der Waals surface area contributed by atoms with Gasteiger partial charge in [0.15, 0.2) is 5.16 Å². The van der Waals surface area contributed by atoms with Crippen LogP contribution < -0.4 is 5.56 Å². The Kier molecular flexibility index (Phi) is 6.01. The van der Waals surface area contributed by atoms with E-state index in [-0.39, 0.29) is 12.2 Å². The largest absolute Gasteiger partial charge is 0.411 e.